The number of methoxy groups -OCH3 is 1. The number of hydrogen-bond acceptors (Lipinski definition) is 7. The number of nitrogens with zero attached hydrogens (tertiary/aromatic N) is 3. The first kappa shape index (κ1) is 21.9. The van der Waals surface area contributed by atoms with E-state index >= 15 is 0 Å². The van der Waals surface area contributed by atoms with Crippen LogP contribution in [0.1, 0.15) is 5.56 Å². The van der Waals surface area contributed by atoms with Gasteiger partial charge in [-0.3, -0.25) is 9.59 Å². The van der Waals surface area contributed by atoms with Gasteiger partial charge in [0, 0.05) is 20.1 Å². The third-order valence-corrected chi connectivity index (χ3v) is 4.26. The molecule has 1 heterocycles. The minimum Gasteiger partial charge on any atom is -0.497 e. The molecular weight excluding hydrogens is 378 g/mol. The van der Waals surface area contributed by atoms with E-state index in [0.717, 1.165) is 0 Å². The fraction of sp³-hybridized carbons (Fsp3) is 0.400. The lowest BCUT2D eigenvalue weighted by Crippen LogP contribution is -2.46. The Morgan fingerprint density at radius 3 is 2.48 bits per heavy atom. The molecule has 1 fully saturated rings. The number of esters is 1. The van der Waals surface area contributed by atoms with Crippen molar-refractivity contribution >= 4 is 23.9 Å². The van der Waals surface area contributed by atoms with E-state index in [1.54, 1.807) is 35.2 Å². The van der Waals surface area contributed by atoms with Crippen LogP contribution in [0.2, 0.25) is 0 Å². The Morgan fingerprint density at radius 1 is 1.24 bits per heavy atom. The maximum atomic E-state index is 12.2. The van der Waals surface area contributed by atoms with E-state index in [2.05, 4.69) is 0 Å². The van der Waals surface area contributed by atoms with Crippen molar-refractivity contribution in [2.45, 2.75) is 0 Å². The quantitative estimate of drug-likeness (QED) is 0.371. The second-order valence-electron chi connectivity index (χ2n) is 6.26. The zero-order valence-corrected chi connectivity index (χ0v) is 16.4. The summed E-state index contributed by atoms with van der Waals surface area (Å²) in [5.41, 5.74) is 0.369. The number of morpholine rings is 1. The van der Waals surface area contributed by atoms with Crippen LogP contribution in [0.15, 0.2) is 29.8 Å². The van der Waals surface area contributed by atoms with E-state index in [0.29, 0.717) is 37.6 Å². The molecule has 1 aromatic carbocycles. The molecule has 1 aromatic rings. The van der Waals surface area contributed by atoms with Crippen LogP contribution in [0.25, 0.3) is 6.08 Å². The van der Waals surface area contributed by atoms with Crippen LogP contribution >= 0.6 is 0 Å². The highest BCUT2D eigenvalue weighted by molar-refractivity contribution is 5.99. The van der Waals surface area contributed by atoms with Crippen LogP contribution in [0, 0.1) is 11.3 Å². The summed E-state index contributed by atoms with van der Waals surface area (Å²) < 4.78 is 15.2. The minimum atomic E-state index is -0.912. The molecule has 29 heavy (non-hydrogen) atoms. The average Bonchev–Trinajstić information content (AvgIpc) is 2.76. The third-order valence-electron chi connectivity index (χ3n) is 4.26. The fourth-order valence-corrected chi connectivity index (χ4v) is 2.52. The Kier molecular flexibility index (Phi) is 8.18. The SMILES string of the molecule is COc1ccc(/C=C(\C#N)C(=O)OCC(=O)N(C)CC(=O)N2CCOCC2)cc1. The van der Waals surface area contributed by atoms with Gasteiger partial charge in [-0.15, -0.1) is 0 Å². The Hall–Kier alpha value is -3.38. The second kappa shape index (κ2) is 10.8. The zero-order chi connectivity index (χ0) is 21.2. The molecule has 1 aliphatic rings. The van der Waals surface area contributed by atoms with E-state index in [9.17, 15) is 19.6 Å². The monoisotopic (exact) mass is 401 g/mol. The molecule has 0 spiro atoms. The van der Waals surface area contributed by atoms with E-state index in [4.69, 9.17) is 14.2 Å². The standard InChI is InChI=1S/C20H23N3O6/c1-22(13-18(24)23-7-9-28-10-8-23)19(25)14-29-20(26)16(12-21)11-15-3-5-17(27-2)6-4-15/h3-6,11H,7-10,13-14H2,1-2H3/b16-11+. The van der Waals surface area contributed by atoms with Gasteiger partial charge in [0.2, 0.25) is 5.91 Å². The van der Waals surface area contributed by atoms with Crippen LogP contribution in [-0.4, -0.2) is 81.2 Å². The summed E-state index contributed by atoms with van der Waals surface area (Å²) in [5.74, 6) is -1.01. The number of carbonyl (C=O) groups is 3. The highest BCUT2D eigenvalue weighted by Gasteiger charge is 2.21. The lowest BCUT2D eigenvalue weighted by atomic mass is 10.1. The number of rotatable bonds is 7. The molecule has 0 saturated carbocycles. The van der Waals surface area contributed by atoms with Crippen molar-refractivity contribution in [3.8, 4) is 11.8 Å². The molecule has 0 radical (unpaired) electrons. The first-order chi connectivity index (χ1) is 13.9. The van der Waals surface area contributed by atoms with Gasteiger partial charge in [0.15, 0.2) is 6.61 Å². The Bertz CT molecular complexity index is 807. The molecule has 9 heteroatoms. The van der Waals surface area contributed by atoms with Gasteiger partial charge in [-0.05, 0) is 23.8 Å². The second-order valence-corrected chi connectivity index (χ2v) is 6.26. The van der Waals surface area contributed by atoms with Gasteiger partial charge in [-0.2, -0.15) is 5.26 Å². The van der Waals surface area contributed by atoms with Gasteiger partial charge in [0.05, 0.1) is 26.9 Å². The van der Waals surface area contributed by atoms with E-state index in [1.165, 1.54) is 25.1 Å². The van der Waals surface area contributed by atoms with Crippen molar-refractivity contribution in [3.05, 3.63) is 35.4 Å². The number of likely N-dealkylation sites (N-methyl/N-ethyl adjacent to an activating group) is 1. The molecule has 0 aromatic heterocycles. The molecule has 0 N–H and O–H groups in total. The molecule has 0 unspecified atom stereocenters. The Morgan fingerprint density at radius 2 is 1.90 bits per heavy atom. The number of ether oxygens (including phenoxy) is 3. The smallest absolute Gasteiger partial charge is 0.349 e. The van der Waals surface area contributed by atoms with Gasteiger partial charge in [-0.25, -0.2) is 4.79 Å². The summed E-state index contributed by atoms with van der Waals surface area (Å²) in [4.78, 5) is 39.2. The van der Waals surface area contributed by atoms with Crippen molar-refractivity contribution in [1.82, 2.24) is 9.80 Å². The van der Waals surface area contributed by atoms with Crippen molar-refractivity contribution in [3.63, 3.8) is 0 Å². The van der Waals surface area contributed by atoms with Crippen LogP contribution in [0.5, 0.6) is 5.75 Å². The number of benzene rings is 1. The van der Waals surface area contributed by atoms with Crippen molar-refractivity contribution in [2.75, 3.05) is 53.6 Å². The first-order valence-electron chi connectivity index (χ1n) is 8.97. The molecule has 0 aliphatic carbocycles. The minimum absolute atomic E-state index is 0.122. The van der Waals surface area contributed by atoms with Crippen LogP contribution < -0.4 is 4.74 Å². The number of amides is 2. The Labute approximate surface area is 169 Å². The van der Waals surface area contributed by atoms with E-state index < -0.39 is 18.5 Å². The maximum absolute atomic E-state index is 12.2. The highest BCUT2D eigenvalue weighted by atomic mass is 16.5. The average molecular weight is 401 g/mol. The topological polar surface area (TPSA) is 109 Å². The number of carbonyl (C=O) groups excluding carboxylic acids is 3. The van der Waals surface area contributed by atoms with Gasteiger partial charge >= 0.3 is 5.97 Å². The number of nitriles is 1. The van der Waals surface area contributed by atoms with Crippen LogP contribution in [0.4, 0.5) is 0 Å². The van der Waals surface area contributed by atoms with Crippen molar-refractivity contribution in [2.24, 2.45) is 0 Å². The summed E-state index contributed by atoms with van der Waals surface area (Å²) in [6.07, 6.45) is 1.36. The lowest BCUT2D eigenvalue weighted by Gasteiger charge is -2.28. The largest absolute Gasteiger partial charge is 0.497 e. The summed E-state index contributed by atoms with van der Waals surface area (Å²) in [7, 11) is 2.98. The molecule has 2 rings (SSSR count). The predicted molar refractivity (Wildman–Crippen MR) is 103 cm³/mol. The lowest BCUT2D eigenvalue weighted by molar-refractivity contribution is -0.150. The Balaban J connectivity index is 1.86. The first-order valence-corrected chi connectivity index (χ1v) is 8.97. The van der Waals surface area contributed by atoms with Crippen molar-refractivity contribution < 1.29 is 28.6 Å². The summed E-state index contributed by atoms with van der Waals surface area (Å²) >= 11 is 0. The normalized spacial score (nSPS) is 14.0. The number of hydrogen-bond donors (Lipinski definition) is 0. The van der Waals surface area contributed by atoms with E-state index in [1.807, 2.05) is 0 Å². The fourth-order valence-electron chi connectivity index (χ4n) is 2.52. The maximum Gasteiger partial charge on any atom is 0.349 e. The highest BCUT2D eigenvalue weighted by Crippen LogP contribution is 2.14. The zero-order valence-electron chi connectivity index (χ0n) is 16.4. The van der Waals surface area contributed by atoms with Crippen LogP contribution in [-0.2, 0) is 23.9 Å². The van der Waals surface area contributed by atoms with Crippen LogP contribution in [0.3, 0.4) is 0 Å². The molecule has 2 amide bonds. The summed E-state index contributed by atoms with van der Waals surface area (Å²) in [5, 5.41) is 9.20. The molecule has 1 saturated heterocycles. The van der Waals surface area contributed by atoms with Gasteiger partial charge in [0.1, 0.15) is 17.4 Å². The van der Waals surface area contributed by atoms with Crippen molar-refractivity contribution in [1.29, 1.82) is 5.26 Å². The molecular formula is C20H23N3O6. The molecule has 9 nitrogen and oxygen atoms in total. The van der Waals surface area contributed by atoms with Gasteiger partial charge in [-0.1, -0.05) is 12.1 Å². The van der Waals surface area contributed by atoms with E-state index in [-0.39, 0.29) is 18.0 Å². The molecule has 0 bridgehead atoms. The third kappa shape index (κ3) is 6.62. The van der Waals surface area contributed by atoms with Gasteiger partial charge in [0.25, 0.3) is 5.91 Å². The summed E-state index contributed by atoms with van der Waals surface area (Å²) in [6.45, 7) is 1.22. The molecule has 0 atom stereocenters. The summed E-state index contributed by atoms with van der Waals surface area (Å²) in [6, 6.07) is 8.51. The molecule has 1 aliphatic heterocycles. The predicted octanol–water partition coefficient (Wildman–Crippen LogP) is 0.463. The van der Waals surface area contributed by atoms with Gasteiger partial charge < -0.3 is 24.0 Å². The molecule has 154 valence electrons.